The highest BCUT2D eigenvalue weighted by Gasteiger charge is 2.33. The van der Waals surface area contributed by atoms with Gasteiger partial charge in [0.2, 0.25) is 0 Å². The highest BCUT2D eigenvalue weighted by Crippen LogP contribution is 2.33. The highest BCUT2D eigenvalue weighted by molar-refractivity contribution is 5.94. The molecule has 1 aliphatic rings. The van der Waals surface area contributed by atoms with Gasteiger partial charge in [0, 0.05) is 19.3 Å². The first-order chi connectivity index (χ1) is 12.9. The molecule has 0 radical (unpaired) electrons. The lowest BCUT2D eigenvalue weighted by molar-refractivity contribution is -0.138. The number of hydrogen-bond acceptors (Lipinski definition) is 3. The van der Waals surface area contributed by atoms with Crippen molar-refractivity contribution in [3.63, 3.8) is 0 Å². The van der Waals surface area contributed by atoms with Crippen LogP contribution in [0.5, 0.6) is 5.75 Å². The van der Waals surface area contributed by atoms with E-state index in [0.717, 1.165) is 18.9 Å². The van der Waals surface area contributed by atoms with E-state index < -0.39 is 11.7 Å². The fraction of sp³-hybridized carbons (Fsp3) is 0.400. The van der Waals surface area contributed by atoms with Crippen molar-refractivity contribution in [2.75, 3.05) is 13.1 Å². The Kier molecular flexibility index (Phi) is 5.68. The van der Waals surface area contributed by atoms with Gasteiger partial charge >= 0.3 is 6.18 Å². The van der Waals surface area contributed by atoms with Crippen LogP contribution < -0.4 is 0 Å². The summed E-state index contributed by atoms with van der Waals surface area (Å²) in [5.41, 5.74) is -0.288. The van der Waals surface area contributed by atoms with Gasteiger partial charge in [-0.15, -0.1) is 0 Å². The molecule has 4 nitrogen and oxygen atoms in total. The van der Waals surface area contributed by atoms with E-state index >= 15 is 0 Å². The van der Waals surface area contributed by atoms with Crippen LogP contribution >= 0.6 is 0 Å². The number of pyridine rings is 1. The number of aromatic hydroxyl groups is 1. The summed E-state index contributed by atoms with van der Waals surface area (Å²) >= 11 is 0. The summed E-state index contributed by atoms with van der Waals surface area (Å²) < 4.78 is 39.4. The summed E-state index contributed by atoms with van der Waals surface area (Å²) in [6, 6.07) is 8.59. The maximum Gasteiger partial charge on any atom is 0.416 e. The summed E-state index contributed by atoms with van der Waals surface area (Å²) in [5, 5.41) is 9.82. The van der Waals surface area contributed by atoms with Crippen molar-refractivity contribution in [2.24, 2.45) is 5.92 Å². The lowest BCUT2D eigenvalue weighted by atomic mass is 9.90. The van der Waals surface area contributed by atoms with E-state index in [9.17, 15) is 23.1 Å². The second-order valence-electron chi connectivity index (χ2n) is 6.82. The normalized spacial score (nSPS) is 17.7. The number of aryl methyl sites for hydroxylation is 1. The summed E-state index contributed by atoms with van der Waals surface area (Å²) in [7, 11) is 0. The molecule has 27 heavy (non-hydrogen) atoms. The third kappa shape index (κ3) is 4.59. The molecule has 2 aromatic rings. The van der Waals surface area contributed by atoms with Crippen LogP contribution in [0.15, 0.2) is 42.6 Å². The first kappa shape index (κ1) is 19.2. The minimum Gasteiger partial charge on any atom is -0.505 e. The molecule has 1 saturated heterocycles. The van der Waals surface area contributed by atoms with Gasteiger partial charge in [0.25, 0.3) is 5.91 Å². The maximum absolute atomic E-state index is 13.1. The summed E-state index contributed by atoms with van der Waals surface area (Å²) in [4.78, 5) is 18.2. The molecule has 1 N–H and O–H groups in total. The molecule has 3 rings (SSSR count). The number of hydrogen-bond donors (Lipinski definition) is 1. The standard InChI is InChI=1S/C20H21F3N2O2/c21-20(22,23)16-7-2-1-6-15(16)10-9-14-5-4-12-25(13-14)19(27)18-17(26)8-3-11-24-18/h1-3,6-8,11,14,26H,4-5,9-10,12-13H2/t14-/m1/s1. The zero-order valence-corrected chi connectivity index (χ0v) is 14.7. The Balaban J connectivity index is 1.65. The zero-order valence-electron chi connectivity index (χ0n) is 14.7. The second kappa shape index (κ2) is 7.98. The third-order valence-electron chi connectivity index (χ3n) is 4.94. The van der Waals surface area contributed by atoms with E-state index in [2.05, 4.69) is 4.98 Å². The van der Waals surface area contributed by atoms with Crippen LogP contribution in [0.2, 0.25) is 0 Å². The zero-order chi connectivity index (χ0) is 19.4. The number of carbonyl (C=O) groups excluding carboxylic acids is 1. The highest BCUT2D eigenvalue weighted by atomic mass is 19.4. The van der Waals surface area contributed by atoms with Crippen molar-refractivity contribution < 1.29 is 23.1 Å². The van der Waals surface area contributed by atoms with Gasteiger partial charge in [0.1, 0.15) is 5.75 Å². The molecule has 1 atom stereocenters. The average molecular weight is 378 g/mol. The Morgan fingerprint density at radius 2 is 2.00 bits per heavy atom. The Labute approximate surface area is 155 Å². The minimum absolute atomic E-state index is 0.0144. The summed E-state index contributed by atoms with van der Waals surface area (Å²) in [6.45, 7) is 1.02. The van der Waals surface area contributed by atoms with E-state index in [4.69, 9.17) is 0 Å². The number of carbonyl (C=O) groups is 1. The number of alkyl halides is 3. The molecule has 0 bridgehead atoms. The number of nitrogens with zero attached hydrogens (tertiary/aromatic N) is 2. The first-order valence-electron chi connectivity index (χ1n) is 8.94. The lowest BCUT2D eigenvalue weighted by Crippen LogP contribution is -2.40. The first-order valence-corrected chi connectivity index (χ1v) is 8.94. The van der Waals surface area contributed by atoms with Crippen molar-refractivity contribution in [3.05, 3.63) is 59.4 Å². The topological polar surface area (TPSA) is 53.4 Å². The fourth-order valence-electron chi connectivity index (χ4n) is 3.57. The van der Waals surface area contributed by atoms with E-state index in [1.54, 1.807) is 17.0 Å². The monoisotopic (exact) mass is 378 g/mol. The van der Waals surface area contributed by atoms with Crippen molar-refractivity contribution >= 4 is 5.91 Å². The summed E-state index contributed by atoms with van der Waals surface area (Å²) in [6.07, 6.45) is -0.372. The number of halogens is 3. The van der Waals surface area contributed by atoms with Gasteiger partial charge in [-0.05, 0) is 55.4 Å². The van der Waals surface area contributed by atoms with Gasteiger partial charge < -0.3 is 10.0 Å². The Hall–Kier alpha value is -2.57. The van der Waals surface area contributed by atoms with Gasteiger partial charge in [0.15, 0.2) is 5.69 Å². The molecule has 0 spiro atoms. The van der Waals surface area contributed by atoms with E-state index in [0.29, 0.717) is 25.9 Å². The van der Waals surface area contributed by atoms with Crippen LogP contribution in [0.4, 0.5) is 13.2 Å². The predicted octanol–water partition coefficient (Wildman–Crippen LogP) is 4.29. The molecule has 0 saturated carbocycles. The molecule has 1 aliphatic heterocycles. The Morgan fingerprint density at radius 1 is 1.22 bits per heavy atom. The van der Waals surface area contributed by atoms with Gasteiger partial charge in [-0.2, -0.15) is 13.2 Å². The average Bonchev–Trinajstić information content (AvgIpc) is 2.66. The van der Waals surface area contributed by atoms with Crippen LogP contribution in [-0.2, 0) is 12.6 Å². The number of likely N-dealkylation sites (tertiary alicyclic amines) is 1. The largest absolute Gasteiger partial charge is 0.505 e. The molecule has 1 fully saturated rings. The van der Waals surface area contributed by atoms with Crippen molar-refractivity contribution in [3.8, 4) is 5.75 Å². The van der Waals surface area contributed by atoms with Crippen molar-refractivity contribution in [1.82, 2.24) is 9.88 Å². The minimum atomic E-state index is -4.36. The summed E-state index contributed by atoms with van der Waals surface area (Å²) in [5.74, 6) is -0.382. The van der Waals surface area contributed by atoms with E-state index in [1.807, 2.05) is 0 Å². The van der Waals surface area contributed by atoms with Crippen molar-refractivity contribution in [2.45, 2.75) is 31.9 Å². The van der Waals surface area contributed by atoms with Crippen molar-refractivity contribution in [1.29, 1.82) is 0 Å². The molecule has 1 aromatic heterocycles. The molecule has 0 aliphatic carbocycles. The number of benzene rings is 1. The third-order valence-corrected chi connectivity index (χ3v) is 4.94. The predicted molar refractivity (Wildman–Crippen MR) is 94.3 cm³/mol. The number of rotatable bonds is 4. The molecule has 144 valence electrons. The van der Waals surface area contributed by atoms with Gasteiger partial charge in [-0.1, -0.05) is 18.2 Å². The maximum atomic E-state index is 13.1. The van der Waals surface area contributed by atoms with E-state index in [1.165, 1.54) is 24.4 Å². The molecular formula is C20H21F3N2O2. The Bertz CT molecular complexity index is 808. The second-order valence-corrected chi connectivity index (χ2v) is 6.82. The van der Waals surface area contributed by atoms with Gasteiger partial charge in [0.05, 0.1) is 5.56 Å². The number of piperidine rings is 1. The Morgan fingerprint density at radius 3 is 2.74 bits per heavy atom. The van der Waals surface area contributed by atoms with Crippen LogP contribution in [-0.4, -0.2) is 34.0 Å². The van der Waals surface area contributed by atoms with Crippen LogP contribution in [0.3, 0.4) is 0 Å². The lowest BCUT2D eigenvalue weighted by Gasteiger charge is -2.33. The van der Waals surface area contributed by atoms with E-state index in [-0.39, 0.29) is 28.8 Å². The molecule has 1 aromatic carbocycles. The van der Waals surface area contributed by atoms with Crippen LogP contribution in [0.1, 0.15) is 40.9 Å². The quantitative estimate of drug-likeness (QED) is 0.864. The smallest absolute Gasteiger partial charge is 0.416 e. The molecule has 0 unspecified atom stereocenters. The molecular weight excluding hydrogens is 357 g/mol. The van der Waals surface area contributed by atoms with Crippen LogP contribution in [0, 0.1) is 5.92 Å². The van der Waals surface area contributed by atoms with Crippen LogP contribution in [0.25, 0.3) is 0 Å². The fourth-order valence-corrected chi connectivity index (χ4v) is 3.57. The SMILES string of the molecule is O=C(c1ncccc1O)N1CCC[C@H](CCc2ccccc2C(F)(F)F)C1. The molecule has 1 amide bonds. The van der Waals surface area contributed by atoms with Gasteiger partial charge in [-0.3, -0.25) is 4.79 Å². The number of aromatic nitrogens is 1. The van der Waals surface area contributed by atoms with Gasteiger partial charge in [-0.25, -0.2) is 4.98 Å². The number of amides is 1. The molecule has 2 heterocycles. The molecule has 7 heteroatoms.